The van der Waals surface area contributed by atoms with Crippen molar-refractivity contribution in [2.75, 3.05) is 18.0 Å². The zero-order valence-corrected chi connectivity index (χ0v) is 15.5. The van der Waals surface area contributed by atoms with Gasteiger partial charge in [0, 0.05) is 37.5 Å². The van der Waals surface area contributed by atoms with Crippen molar-refractivity contribution in [2.45, 2.75) is 38.6 Å². The lowest BCUT2D eigenvalue weighted by atomic mass is 10.1. The second-order valence-electron chi connectivity index (χ2n) is 7.08. The Morgan fingerprint density at radius 3 is 2.54 bits per heavy atom. The smallest absolute Gasteiger partial charge is 0.406 e. The Bertz CT molecular complexity index is 944. The minimum atomic E-state index is -4.26. The minimum Gasteiger partial charge on any atom is -0.490 e. The molecule has 0 bridgehead atoms. The highest BCUT2D eigenvalue weighted by Gasteiger charge is 2.29. The van der Waals surface area contributed by atoms with E-state index in [2.05, 4.69) is 15.1 Å². The molecule has 8 heteroatoms. The number of hydrogen-bond acceptors (Lipinski definition) is 4. The Labute approximate surface area is 160 Å². The quantitative estimate of drug-likeness (QED) is 0.664. The number of piperidine rings is 1. The summed E-state index contributed by atoms with van der Waals surface area (Å²) in [5, 5.41) is 9.03. The predicted molar refractivity (Wildman–Crippen MR) is 101 cm³/mol. The first kappa shape index (κ1) is 18.6. The van der Waals surface area contributed by atoms with Crippen molar-refractivity contribution in [1.29, 1.82) is 0 Å². The van der Waals surface area contributed by atoms with Crippen LogP contribution in [0.5, 0.6) is 5.75 Å². The first-order valence-electron chi connectivity index (χ1n) is 9.25. The maximum absolute atomic E-state index is 12.8. The topological polar surface area (TPSA) is 43.2 Å². The number of nitrogens with zero attached hydrogens (tertiary/aromatic N) is 4. The fourth-order valence-electron chi connectivity index (χ4n) is 3.57. The van der Waals surface area contributed by atoms with Crippen LogP contribution in [0.2, 0.25) is 0 Å². The Balaban J connectivity index is 1.44. The van der Waals surface area contributed by atoms with E-state index in [1.165, 1.54) is 10.8 Å². The maximum atomic E-state index is 12.8. The van der Waals surface area contributed by atoms with Crippen molar-refractivity contribution in [3.8, 4) is 5.75 Å². The van der Waals surface area contributed by atoms with Crippen LogP contribution < -0.4 is 9.64 Å². The first-order chi connectivity index (χ1) is 13.4. The lowest BCUT2D eigenvalue weighted by Gasteiger charge is -2.32. The third-order valence-electron chi connectivity index (χ3n) is 4.97. The van der Waals surface area contributed by atoms with Gasteiger partial charge in [-0.25, -0.2) is 0 Å². The van der Waals surface area contributed by atoms with Gasteiger partial charge in [0.15, 0.2) is 5.82 Å². The van der Waals surface area contributed by atoms with Gasteiger partial charge < -0.3 is 14.2 Å². The summed E-state index contributed by atoms with van der Waals surface area (Å²) in [6, 6.07) is 10.8. The van der Waals surface area contributed by atoms with Crippen molar-refractivity contribution in [1.82, 2.24) is 14.8 Å². The molecule has 1 aromatic carbocycles. The minimum absolute atomic E-state index is 0.0197. The molecule has 1 aliphatic rings. The van der Waals surface area contributed by atoms with Crippen molar-refractivity contribution in [3.05, 3.63) is 48.3 Å². The molecule has 28 heavy (non-hydrogen) atoms. The summed E-state index contributed by atoms with van der Waals surface area (Å²) in [6.07, 6.45) is -1.14. The van der Waals surface area contributed by atoms with E-state index in [-0.39, 0.29) is 6.10 Å². The van der Waals surface area contributed by atoms with Crippen LogP contribution in [0.1, 0.15) is 18.5 Å². The van der Waals surface area contributed by atoms with Crippen LogP contribution in [0.4, 0.5) is 19.0 Å². The molecule has 0 amide bonds. The molecular weight excluding hydrogens is 369 g/mol. The maximum Gasteiger partial charge on any atom is 0.406 e. The molecule has 0 atom stereocenters. The fourth-order valence-corrected chi connectivity index (χ4v) is 3.57. The lowest BCUT2D eigenvalue weighted by Crippen LogP contribution is -2.38. The summed E-state index contributed by atoms with van der Waals surface area (Å²) in [5.41, 5.74) is 1.41. The number of halogens is 3. The fraction of sp³-hybridized carbons (Fsp3) is 0.400. The molecular formula is C20H21F3N4O. The molecule has 0 spiro atoms. The number of anilines is 1. The molecule has 0 aliphatic carbocycles. The second kappa shape index (κ2) is 7.33. The van der Waals surface area contributed by atoms with Gasteiger partial charge in [0.25, 0.3) is 0 Å². The van der Waals surface area contributed by atoms with Crippen LogP contribution in [0.25, 0.3) is 10.9 Å². The van der Waals surface area contributed by atoms with Gasteiger partial charge in [-0.05, 0) is 37.3 Å². The van der Waals surface area contributed by atoms with E-state index >= 15 is 0 Å². The van der Waals surface area contributed by atoms with Crippen LogP contribution in [0.15, 0.2) is 42.6 Å². The highest BCUT2D eigenvalue weighted by Crippen LogP contribution is 2.31. The standard InChI is InChI=1S/C20H21F3N4O/c1-14-5-6-19(25-24-14)26-10-7-15(8-11-26)28-18-4-2-3-17-16(18)9-12-27(17)13-20(21,22)23/h2-6,9,12,15H,7-8,10-11,13H2,1H3. The van der Waals surface area contributed by atoms with Gasteiger partial charge in [0.05, 0.1) is 11.2 Å². The summed E-state index contributed by atoms with van der Waals surface area (Å²) < 4.78 is 45.6. The number of benzene rings is 1. The number of aryl methyl sites for hydroxylation is 1. The molecule has 1 fully saturated rings. The monoisotopic (exact) mass is 390 g/mol. The average Bonchev–Trinajstić information content (AvgIpc) is 3.05. The van der Waals surface area contributed by atoms with E-state index < -0.39 is 12.7 Å². The Kier molecular flexibility index (Phi) is 4.87. The van der Waals surface area contributed by atoms with Crippen molar-refractivity contribution in [2.24, 2.45) is 0 Å². The second-order valence-corrected chi connectivity index (χ2v) is 7.08. The van der Waals surface area contributed by atoms with Gasteiger partial charge in [-0.2, -0.15) is 18.3 Å². The summed E-state index contributed by atoms with van der Waals surface area (Å²) >= 11 is 0. The van der Waals surface area contributed by atoms with Gasteiger partial charge >= 0.3 is 6.18 Å². The molecule has 2 aromatic heterocycles. The zero-order chi connectivity index (χ0) is 19.7. The van der Waals surface area contributed by atoms with Crippen LogP contribution in [-0.4, -0.2) is 40.1 Å². The highest BCUT2D eigenvalue weighted by atomic mass is 19.4. The molecule has 4 rings (SSSR count). The van der Waals surface area contributed by atoms with E-state index in [1.807, 2.05) is 25.1 Å². The molecule has 0 saturated carbocycles. The Morgan fingerprint density at radius 2 is 1.86 bits per heavy atom. The number of hydrogen-bond donors (Lipinski definition) is 0. The summed E-state index contributed by atoms with van der Waals surface area (Å²) in [5.74, 6) is 1.49. The number of aromatic nitrogens is 3. The van der Waals surface area contributed by atoms with Crippen LogP contribution in [0, 0.1) is 6.92 Å². The molecule has 5 nitrogen and oxygen atoms in total. The van der Waals surface area contributed by atoms with Crippen molar-refractivity contribution >= 4 is 16.7 Å². The van der Waals surface area contributed by atoms with Gasteiger partial charge in [0.2, 0.25) is 0 Å². The number of rotatable bonds is 4. The van der Waals surface area contributed by atoms with Gasteiger partial charge in [0.1, 0.15) is 18.4 Å². The van der Waals surface area contributed by atoms with E-state index in [1.54, 1.807) is 18.2 Å². The largest absolute Gasteiger partial charge is 0.490 e. The highest BCUT2D eigenvalue weighted by molar-refractivity contribution is 5.86. The molecule has 3 aromatic rings. The van der Waals surface area contributed by atoms with Crippen molar-refractivity contribution in [3.63, 3.8) is 0 Å². The van der Waals surface area contributed by atoms with Crippen molar-refractivity contribution < 1.29 is 17.9 Å². The summed E-state index contributed by atoms with van der Waals surface area (Å²) in [6.45, 7) is 2.50. The van der Waals surface area contributed by atoms with E-state index in [9.17, 15) is 13.2 Å². The molecule has 148 valence electrons. The first-order valence-corrected chi connectivity index (χ1v) is 9.25. The number of ether oxygens (including phenoxy) is 1. The van der Waals surface area contributed by atoms with Gasteiger partial charge in [-0.15, -0.1) is 5.10 Å². The molecule has 1 aliphatic heterocycles. The predicted octanol–water partition coefficient (Wildman–Crippen LogP) is 4.35. The average molecular weight is 390 g/mol. The summed E-state index contributed by atoms with van der Waals surface area (Å²) in [4.78, 5) is 2.17. The third-order valence-corrected chi connectivity index (χ3v) is 4.97. The Morgan fingerprint density at radius 1 is 1.07 bits per heavy atom. The molecule has 3 heterocycles. The lowest BCUT2D eigenvalue weighted by molar-refractivity contribution is -0.139. The molecule has 0 unspecified atom stereocenters. The summed E-state index contributed by atoms with van der Waals surface area (Å²) in [7, 11) is 0. The molecule has 0 radical (unpaired) electrons. The third kappa shape index (κ3) is 4.05. The van der Waals surface area contributed by atoms with Gasteiger partial charge in [-0.1, -0.05) is 6.07 Å². The van der Waals surface area contributed by atoms with Crippen LogP contribution in [0.3, 0.4) is 0 Å². The molecule has 1 saturated heterocycles. The van der Waals surface area contributed by atoms with E-state index in [0.717, 1.165) is 37.4 Å². The van der Waals surface area contributed by atoms with Crippen LogP contribution >= 0.6 is 0 Å². The number of alkyl halides is 3. The van der Waals surface area contributed by atoms with Crippen LogP contribution in [-0.2, 0) is 6.54 Å². The van der Waals surface area contributed by atoms with E-state index in [4.69, 9.17) is 4.74 Å². The zero-order valence-electron chi connectivity index (χ0n) is 15.5. The number of fused-ring (bicyclic) bond motifs is 1. The van der Waals surface area contributed by atoms with Gasteiger partial charge in [-0.3, -0.25) is 0 Å². The normalized spacial score (nSPS) is 15.9. The van der Waals surface area contributed by atoms with E-state index in [0.29, 0.717) is 16.7 Å². The SMILES string of the molecule is Cc1ccc(N2CCC(Oc3cccc4c3ccn4CC(F)(F)F)CC2)nn1. The molecule has 0 N–H and O–H groups in total. The Hall–Kier alpha value is -2.77.